The maximum absolute atomic E-state index is 0. The third-order valence-electron chi connectivity index (χ3n) is 0. The van der Waals surface area contributed by atoms with E-state index in [9.17, 15) is 0 Å². The summed E-state index contributed by atoms with van der Waals surface area (Å²) in [5, 5.41) is 0. The zero-order valence-electron chi connectivity index (χ0n) is 1.63. The molecule has 0 saturated carbocycles. The van der Waals surface area contributed by atoms with Crippen molar-refractivity contribution in [3.63, 3.8) is 0 Å². The molecule has 24 valence electrons. The van der Waals surface area contributed by atoms with Crippen molar-refractivity contribution in [3.8, 4) is 0 Å². The predicted molar refractivity (Wildman–Crippen MR) is 23.0 cm³/mol. The van der Waals surface area contributed by atoms with Crippen LogP contribution in [-0.2, 0) is 0 Å². The van der Waals surface area contributed by atoms with Crippen LogP contribution in [0.25, 0.3) is 0 Å². The van der Waals surface area contributed by atoms with Crippen molar-refractivity contribution in [1.82, 2.24) is 0 Å². The Morgan fingerprint density at radius 2 is 0.250 bits per heavy atom. The second-order valence-corrected chi connectivity index (χ2v) is 0. The van der Waals surface area contributed by atoms with Crippen LogP contribution >= 0.6 is 0 Å². The van der Waals surface area contributed by atoms with E-state index < -0.39 is 0 Å². The fourth-order valence-corrected chi connectivity index (χ4v) is 0. The summed E-state index contributed by atoms with van der Waals surface area (Å²) in [7, 11) is 0. The van der Waals surface area contributed by atoms with Gasteiger partial charge in [-0.1, -0.05) is 0 Å². The van der Waals surface area contributed by atoms with Gasteiger partial charge in [-0.2, -0.15) is 0 Å². The third-order valence-corrected chi connectivity index (χ3v) is 0. The van der Waals surface area contributed by atoms with Crippen LogP contribution in [0.4, 0.5) is 0 Å². The van der Waals surface area contributed by atoms with Crippen LogP contribution in [0.3, 0.4) is 0 Å². The maximum atomic E-state index is 0. The van der Waals surface area contributed by atoms with Crippen LogP contribution in [0.2, 0.25) is 0 Å². The van der Waals surface area contributed by atoms with Crippen LogP contribution in [0.15, 0.2) is 0 Å². The van der Waals surface area contributed by atoms with Gasteiger partial charge in [0.25, 0.3) is 0 Å². The summed E-state index contributed by atoms with van der Waals surface area (Å²) in [5.74, 6) is 0. The second-order valence-electron chi connectivity index (χ2n) is 0. The van der Waals surface area contributed by atoms with Crippen LogP contribution in [-0.4, -0.2) is 106 Å². The Morgan fingerprint density at radius 1 is 0.250 bits per heavy atom. The Kier molecular flexibility index (Phi) is 102. The molecule has 0 aliphatic carbocycles. The van der Waals surface area contributed by atoms with E-state index in [4.69, 9.17) is 0 Å². The molecule has 0 aromatic carbocycles. The van der Waals surface area contributed by atoms with Crippen molar-refractivity contribution >= 4 is 106 Å². The summed E-state index contributed by atoms with van der Waals surface area (Å²) in [6.07, 6.45) is 0. The molecule has 0 atom stereocenters. The molecule has 0 saturated heterocycles. The Balaban J connectivity index is 0. The van der Waals surface area contributed by atoms with Crippen molar-refractivity contribution in [1.29, 1.82) is 0 Å². The molecule has 8 radical (unpaired) electrons. The molecular weight excluding hydrogens is 836 g/mol. The molecule has 0 fully saturated rings. The fraction of sp³-hybridized carbons (Fsp3) is 0. The minimum atomic E-state index is 0. The molecule has 0 amide bonds. The van der Waals surface area contributed by atoms with Crippen LogP contribution in [0.1, 0.15) is 0 Å². The molecule has 4 heavy (non-hydrogen) atoms. The zero-order chi connectivity index (χ0) is 0. The first kappa shape index (κ1) is 25.6. The van der Waals surface area contributed by atoms with Gasteiger partial charge >= 0.3 is 0 Å². The van der Waals surface area contributed by atoms with Gasteiger partial charge in [0, 0.05) is 106 Å². The van der Waals surface area contributed by atoms with E-state index >= 15 is 0 Å². The summed E-state index contributed by atoms with van der Waals surface area (Å²) in [4.78, 5) is 0. The van der Waals surface area contributed by atoms with E-state index in [1.807, 2.05) is 0 Å². The third kappa shape index (κ3) is 9.14. The van der Waals surface area contributed by atoms with E-state index in [2.05, 4.69) is 0 Å². The molecular formula is Po4. The summed E-state index contributed by atoms with van der Waals surface area (Å²) < 4.78 is 0. The number of hydrogen-bond acceptors (Lipinski definition) is 0. The summed E-state index contributed by atoms with van der Waals surface area (Å²) in [6, 6.07) is 0. The van der Waals surface area contributed by atoms with Crippen molar-refractivity contribution in [2.24, 2.45) is 0 Å². The Hall–Kier alpha value is 3.58. The largest absolute Gasteiger partial charge is 0 e. The van der Waals surface area contributed by atoms with E-state index in [1.54, 1.807) is 0 Å². The quantitative estimate of drug-likeness (QED) is 0.279. The molecule has 0 spiro atoms. The van der Waals surface area contributed by atoms with Crippen LogP contribution < -0.4 is 0 Å². The van der Waals surface area contributed by atoms with E-state index in [1.165, 1.54) is 0 Å². The van der Waals surface area contributed by atoms with Gasteiger partial charge in [-0.05, 0) is 0 Å². The molecule has 0 aromatic rings. The van der Waals surface area contributed by atoms with Gasteiger partial charge in [0.1, 0.15) is 0 Å². The molecule has 0 aliphatic rings. The topological polar surface area (TPSA) is 0 Å². The standard InChI is InChI=1S/4Po. The number of rotatable bonds is 0. The average molecular weight is 836 g/mol. The first-order valence-electron chi connectivity index (χ1n) is 0. The van der Waals surface area contributed by atoms with Crippen molar-refractivity contribution in [2.75, 3.05) is 0 Å². The van der Waals surface area contributed by atoms with Gasteiger partial charge in [-0.15, -0.1) is 0 Å². The first-order chi connectivity index (χ1) is 0. The van der Waals surface area contributed by atoms with Gasteiger partial charge in [0.05, 0.1) is 0 Å². The molecule has 0 aliphatic heterocycles. The monoisotopic (exact) mass is 836 g/mol. The molecule has 0 bridgehead atoms. The predicted octanol–water partition coefficient (Wildman–Crippen LogP) is -1.52. The summed E-state index contributed by atoms with van der Waals surface area (Å²) in [6.45, 7) is 0. The Labute approximate surface area is 104 Å². The second kappa shape index (κ2) is 16.0. The smallest absolute Gasteiger partial charge is 0 e. The van der Waals surface area contributed by atoms with E-state index in [-0.39, 0.29) is 106 Å². The molecule has 4 heteroatoms. The molecule has 0 N–H and O–H groups in total. The Bertz CT molecular complexity index is 0. The molecule has 0 heterocycles. The minimum absolute atomic E-state index is 0. The first-order valence-corrected chi connectivity index (χ1v) is 0. The van der Waals surface area contributed by atoms with Gasteiger partial charge in [-0.25, -0.2) is 0 Å². The van der Waals surface area contributed by atoms with Crippen LogP contribution in [0.5, 0.6) is 0 Å². The van der Waals surface area contributed by atoms with Gasteiger partial charge in [0.15, 0.2) is 0 Å². The maximum Gasteiger partial charge on any atom is 0 e. The normalized spacial score (nSPS) is 0. The van der Waals surface area contributed by atoms with Crippen molar-refractivity contribution in [3.05, 3.63) is 0 Å². The van der Waals surface area contributed by atoms with Crippen LogP contribution in [0, 0.1) is 0 Å². The van der Waals surface area contributed by atoms with Crippen molar-refractivity contribution < 1.29 is 0 Å². The molecule has 0 rings (SSSR count). The van der Waals surface area contributed by atoms with Gasteiger partial charge in [-0.3, -0.25) is 0 Å². The average Bonchev–Trinajstić information content (AvgIpc) is 0. The Morgan fingerprint density at radius 3 is 0.250 bits per heavy atom. The molecule has 0 aromatic heterocycles. The summed E-state index contributed by atoms with van der Waals surface area (Å²) >= 11 is 0. The summed E-state index contributed by atoms with van der Waals surface area (Å²) in [5.41, 5.74) is 0. The minimum Gasteiger partial charge on any atom is 0 e. The SMILES string of the molecule is [Po].[Po].[Po].[Po]. The van der Waals surface area contributed by atoms with Crippen molar-refractivity contribution in [2.45, 2.75) is 0 Å². The molecule has 0 unspecified atom stereocenters. The molecule has 0 nitrogen and oxygen atoms in total. The van der Waals surface area contributed by atoms with E-state index in [0.29, 0.717) is 0 Å². The zero-order valence-corrected chi connectivity index (χ0v) is 14.3. The van der Waals surface area contributed by atoms with E-state index in [0.717, 1.165) is 0 Å². The van der Waals surface area contributed by atoms with Gasteiger partial charge in [0.2, 0.25) is 0 Å². The fourth-order valence-electron chi connectivity index (χ4n) is 0. The number of hydrogen-bond donors (Lipinski definition) is 0. The van der Waals surface area contributed by atoms with Gasteiger partial charge < -0.3 is 0 Å².